The van der Waals surface area contributed by atoms with Crippen LogP contribution in [0.3, 0.4) is 0 Å². The van der Waals surface area contributed by atoms with Crippen molar-refractivity contribution in [2.45, 2.75) is 6.92 Å². The SMILES string of the molecule is CC1=C(Nc2ccc(O)cc2)C(=O)C=C(O)/C1=N\c1ccc(O)cc1. The van der Waals surface area contributed by atoms with Crippen LogP contribution in [0.5, 0.6) is 11.5 Å². The molecule has 2 aromatic carbocycles. The molecule has 0 saturated heterocycles. The predicted molar refractivity (Wildman–Crippen MR) is 95.4 cm³/mol. The average Bonchev–Trinajstić information content (AvgIpc) is 2.59. The molecule has 1 aliphatic rings. The van der Waals surface area contributed by atoms with Gasteiger partial charge in [0.05, 0.1) is 11.4 Å². The van der Waals surface area contributed by atoms with Crippen LogP contribution >= 0.6 is 0 Å². The summed E-state index contributed by atoms with van der Waals surface area (Å²) in [6.07, 6.45) is 1.11. The summed E-state index contributed by atoms with van der Waals surface area (Å²) < 4.78 is 0. The Hall–Kier alpha value is -3.54. The van der Waals surface area contributed by atoms with Crippen molar-refractivity contribution in [3.63, 3.8) is 0 Å². The first-order chi connectivity index (χ1) is 11.9. The number of aliphatic hydroxyl groups is 1. The number of nitrogens with one attached hydrogen (secondary N) is 1. The molecule has 1 aliphatic carbocycles. The Balaban J connectivity index is 1.98. The number of phenols is 2. The largest absolute Gasteiger partial charge is 0.508 e. The van der Waals surface area contributed by atoms with Gasteiger partial charge in [0, 0.05) is 17.3 Å². The molecular weight excluding hydrogens is 320 g/mol. The van der Waals surface area contributed by atoms with E-state index in [-0.39, 0.29) is 28.8 Å². The van der Waals surface area contributed by atoms with Crippen LogP contribution in [0.25, 0.3) is 0 Å². The first-order valence-corrected chi connectivity index (χ1v) is 7.54. The van der Waals surface area contributed by atoms with E-state index >= 15 is 0 Å². The maximum absolute atomic E-state index is 12.2. The molecule has 0 amide bonds. The molecule has 0 atom stereocenters. The van der Waals surface area contributed by atoms with Crippen LogP contribution in [-0.4, -0.2) is 26.8 Å². The van der Waals surface area contributed by atoms with Crippen molar-refractivity contribution in [2.75, 3.05) is 5.32 Å². The van der Waals surface area contributed by atoms with Gasteiger partial charge in [0.15, 0.2) is 0 Å². The van der Waals surface area contributed by atoms with Crippen LogP contribution in [0.2, 0.25) is 0 Å². The fourth-order valence-electron chi connectivity index (χ4n) is 2.40. The van der Waals surface area contributed by atoms with E-state index in [0.717, 1.165) is 6.08 Å². The summed E-state index contributed by atoms with van der Waals surface area (Å²) in [5, 5.41) is 31.8. The molecule has 0 bridgehead atoms. The number of rotatable bonds is 3. The van der Waals surface area contributed by atoms with E-state index < -0.39 is 0 Å². The molecule has 0 unspecified atom stereocenters. The highest BCUT2D eigenvalue weighted by atomic mass is 16.3. The van der Waals surface area contributed by atoms with Crippen molar-refractivity contribution in [1.82, 2.24) is 0 Å². The zero-order valence-corrected chi connectivity index (χ0v) is 13.4. The summed E-state index contributed by atoms with van der Waals surface area (Å²) in [7, 11) is 0. The van der Waals surface area contributed by atoms with Gasteiger partial charge in [-0.05, 0) is 55.5 Å². The predicted octanol–water partition coefficient (Wildman–Crippen LogP) is 3.58. The van der Waals surface area contributed by atoms with Gasteiger partial charge in [-0.2, -0.15) is 0 Å². The Morgan fingerprint density at radius 2 is 1.44 bits per heavy atom. The van der Waals surface area contributed by atoms with Crippen LogP contribution < -0.4 is 5.32 Å². The minimum Gasteiger partial charge on any atom is -0.508 e. The number of hydrogen-bond acceptors (Lipinski definition) is 6. The van der Waals surface area contributed by atoms with Gasteiger partial charge in [-0.25, -0.2) is 4.99 Å². The molecule has 4 N–H and O–H groups in total. The summed E-state index contributed by atoms with van der Waals surface area (Å²) in [5.74, 6) is -0.345. The number of carbonyl (C=O) groups is 1. The second-order valence-electron chi connectivity index (χ2n) is 5.54. The van der Waals surface area contributed by atoms with Gasteiger partial charge in [-0.3, -0.25) is 4.79 Å². The van der Waals surface area contributed by atoms with Crippen LogP contribution in [0.15, 0.2) is 76.6 Å². The highest BCUT2D eigenvalue weighted by molar-refractivity contribution is 6.24. The van der Waals surface area contributed by atoms with E-state index in [2.05, 4.69) is 10.3 Å². The molecule has 0 saturated carbocycles. The van der Waals surface area contributed by atoms with Gasteiger partial charge in [-0.1, -0.05) is 0 Å². The average molecular weight is 336 g/mol. The summed E-state index contributed by atoms with van der Waals surface area (Å²) in [5.41, 5.74) is 2.21. The van der Waals surface area contributed by atoms with E-state index in [0.29, 0.717) is 22.6 Å². The van der Waals surface area contributed by atoms with Gasteiger partial charge in [0.25, 0.3) is 0 Å². The lowest BCUT2D eigenvalue weighted by molar-refractivity contribution is -0.111. The number of carbonyl (C=O) groups excluding carboxylic acids is 1. The summed E-state index contributed by atoms with van der Waals surface area (Å²) >= 11 is 0. The maximum atomic E-state index is 12.2. The van der Waals surface area contributed by atoms with E-state index in [4.69, 9.17) is 0 Å². The van der Waals surface area contributed by atoms with Crippen LogP contribution in [0.1, 0.15) is 6.92 Å². The number of allylic oxidation sites excluding steroid dienone is 2. The number of ketones is 1. The minimum absolute atomic E-state index is 0.115. The third-order valence-electron chi connectivity index (χ3n) is 3.71. The third kappa shape index (κ3) is 3.53. The van der Waals surface area contributed by atoms with Crippen molar-refractivity contribution in [3.05, 3.63) is 71.6 Å². The van der Waals surface area contributed by atoms with Gasteiger partial charge in [0.1, 0.15) is 23.0 Å². The van der Waals surface area contributed by atoms with Crippen molar-refractivity contribution >= 4 is 22.9 Å². The molecule has 6 nitrogen and oxygen atoms in total. The Kier molecular flexibility index (Phi) is 4.26. The Morgan fingerprint density at radius 3 is 2.04 bits per heavy atom. The van der Waals surface area contributed by atoms with Crippen molar-refractivity contribution in [1.29, 1.82) is 0 Å². The van der Waals surface area contributed by atoms with Gasteiger partial charge in [0.2, 0.25) is 5.78 Å². The molecule has 0 aliphatic heterocycles. The number of benzene rings is 2. The number of aliphatic hydroxyl groups excluding tert-OH is 1. The smallest absolute Gasteiger partial charge is 0.206 e. The first-order valence-electron chi connectivity index (χ1n) is 7.54. The molecule has 0 fully saturated rings. The second-order valence-corrected chi connectivity index (χ2v) is 5.54. The fourth-order valence-corrected chi connectivity index (χ4v) is 2.40. The highest BCUT2D eigenvalue weighted by Crippen LogP contribution is 2.25. The number of anilines is 1. The summed E-state index contributed by atoms with van der Waals surface area (Å²) in [6.45, 7) is 1.68. The molecule has 2 aromatic rings. The number of aliphatic imine (C=N–C) groups is 1. The lowest BCUT2D eigenvalue weighted by Crippen LogP contribution is -2.22. The maximum Gasteiger partial charge on any atom is 0.206 e. The molecular formula is C19H16N2O4. The molecule has 6 heteroatoms. The standard InChI is InChI=1S/C19H16N2O4/c1-11-18(20-12-2-6-14(22)7-3-12)16(24)10-17(25)19(11)21-13-4-8-15(23)9-5-13/h2-10,20,22-23,25H,1H3/b21-19-. The summed E-state index contributed by atoms with van der Waals surface area (Å²) in [4.78, 5) is 16.6. The van der Waals surface area contributed by atoms with Gasteiger partial charge in [-0.15, -0.1) is 0 Å². The third-order valence-corrected chi connectivity index (χ3v) is 3.71. The fraction of sp³-hybridized carbons (Fsp3) is 0.0526. The normalized spacial score (nSPS) is 16.1. The number of nitrogens with zero attached hydrogens (tertiary/aromatic N) is 1. The van der Waals surface area contributed by atoms with E-state index in [1.54, 1.807) is 31.2 Å². The lowest BCUT2D eigenvalue weighted by atomic mass is 9.98. The minimum atomic E-state index is -0.368. The zero-order chi connectivity index (χ0) is 18.0. The lowest BCUT2D eigenvalue weighted by Gasteiger charge is -2.18. The first kappa shape index (κ1) is 16.3. The van der Waals surface area contributed by atoms with Crippen molar-refractivity contribution in [2.24, 2.45) is 4.99 Å². The van der Waals surface area contributed by atoms with Crippen LogP contribution in [-0.2, 0) is 4.79 Å². The number of hydrogen-bond donors (Lipinski definition) is 4. The van der Waals surface area contributed by atoms with E-state index in [1.807, 2.05) is 0 Å². The topological polar surface area (TPSA) is 102 Å². The van der Waals surface area contributed by atoms with Gasteiger partial charge >= 0.3 is 0 Å². The number of phenolic OH excluding ortho intramolecular Hbond substituents is 2. The second kappa shape index (κ2) is 6.52. The van der Waals surface area contributed by atoms with Crippen molar-refractivity contribution < 1.29 is 20.1 Å². The van der Waals surface area contributed by atoms with Crippen molar-refractivity contribution in [3.8, 4) is 11.5 Å². The summed E-state index contributed by atoms with van der Waals surface area (Å²) in [6, 6.07) is 12.5. The number of aromatic hydroxyl groups is 2. The molecule has 25 heavy (non-hydrogen) atoms. The molecule has 0 aromatic heterocycles. The van der Waals surface area contributed by atoms with Crippen LogP contribution in [0, 0.1) is 0 Å². The zero-order valence-electron chi connectivity index (χ0n) is 13.4. The quantitative estimate of drug-likeness (QED) is 0.507. The monoisotopic (exact) mass is 336 g/mol. The molecule has 0 radical (unpaired) electrons. The molecule has 3 rings (SSSR count). The Morgan fingerprint density at radius 1 is 0.880 bits per heavy atom. The van der Waals surface area contributed by atoms with Crippen LogP contribution in [0.4, 0.5) is 11.4 Å². The molecule has 0 heterocycles. The Labute approximate surface area is 144 Å². The van der Waals surface area contributed by atoms with E-state index in [9.17, 15) is 20.1 Å². The highest BCUT2D eigenvalue weighted by Gasteiger charge is 2.24. The molecule has 126 valence electrons. The van der Waals surface area contributed by atoms with Gasteiger partial charge < -0.3 is 20.6 Å². The Bertz CT molecular complexity index is 907. The van der Waals surface area contributed by atoms with E-state index in [1.165, 1.54) is 24.3 Å². The molecule has 0 spiro atoms.